The minimum atomic E-state index is -1.29. The van der Waals surface area contributed by atoms with E-state index in [2.05, 4.69) is 12.2 Å². The second-order valence-electron chi connectivity index (χ2n) is 7.06. The monoisotopic (exact) mass is 378 g/mol. The first kappa shape index (κ1) is 20.6. The van der Waals surface area contributed by atoms with Crippen LogP contribution in [0.3, 0.4) is 0 Å². The molecule has 3 atom stereocenters. The number of amides is 2. The van der Waals surface area contributed by atoms with Crippen LogP contribution in [0.4, 0.5) is 0 Å². The molecule has 144 valence electrons. The highest BCUT2D eigenvalue weighted by atomic mass is 32.2. The van der Waals surface area contributed by atoms with E-state index in [1.807, 2.05) is 24.0 Å². The van der Waals surface area contributed by atoms with Crippen molar-refractivity contribution in [1.29, 1.82) is 0 Å². The van der Waals surface area contributed by atoms with Crippen LogP contribution in [0.1, 0.15) is 62.4 Å². The lowest BCUT2D eigenvalue weighted by atomic mass is 10.1. The molecular weight excluding hydrogens is 348 g/mol. The van der Waals surface area contributed by atoms with E-state index in [4.69, 9.17) is 0 Å². The Balaban J connectivity index is 1.90. The molecule has 0 saturated carbocycles. The number of carbonyl (C=O) groups excluding carboxylic acids is 2. The Morgan fingerprint density at radius 1 is 1.15 bits per heavy atom. The second kappa shape index (κ2) is 9.86. The van der Waals surface area contributed by atoms with Crippen LogP contribution in [0.5, 0.6) is 0 Å². The van der Waals surface area contributed by atoms with Gasteiger partial charge < -0.3 is 10.2 Å². The standard InChI is InChI=1S/C20H30N2O3S/c1-4-7-15(2)21-19(23)16(3)26(25)14-17-8-10-18(11-9-17)20(24)22-12-5-6-13-22/h8-11,15-16H,4-7,12-14H2,1-3H3,(H,21,23). The zero-order valence-corrected chi connectivity index (χ0v) is 16.8. The van der Waals surface area contributed by atoms with Gasteiger partial charge in [0.2, 0.25) is 5.91 Å². The number of hydrogen-bond acceptors (Lipinski definition) is 3. The summed E-state index contributed by atoms with van der Waals surface area (Å²) in [5, 5.41) is 2.37. The zero-order valence-electron chi connectivity index (χ0n) is 16.0. The molecule has 2 rings (SSSR count). The first-order valence-corrected chi connectivity index (χ1v) is 10.9. The molecule has 1 aromatic carbocycles. The maximum atomic E-state index is 12.5. The molecule has 1 heterocycles. The third kappa shape index (κ3) is 5.66. The van der Waals surface area contributed by atoms with Gasteiger partial charge in [-0.15, -0.1) is 0 Å². The fourth-order valence-corrected chi connectivity index (χ4v) is 4.20. The summed E-state index contributed by atoms with van der Waals surface area (Å²) in [7, 11) is -1.29. The Hall–Kier alpha value is -1.69. The number of nitrogens with zero attached hydrogens (tertiary/aromatic N) is 1. The molecule has 26 heavy (non-hydrogen) atoms. The lowest BCUT2D eigenvalue weighted by molar-refractivity contribution is -0.121. The van der Waals surface area contributed by atoms with E-state index in [9.17, 15) is 13.8 Å². The van der Waals surface area contributed by atoms with E-state index >= 15 is 0 Å². The normalized spacial score (nSPS) is 17.6. The first-order valence-electron chi connectivity index (χ1n) is 9.48. The van der Waals surface area contributed by atoms with Crippen LogP contribution < -0.4 is 5.32 Å². The fraction of sp³-hybridized carbons (Fsp3) is 0.600. The minimum absolute atomic E-state index is 0.0628. The third-order valence-electron chi connectivity index (χ3n) is 4.78. The van der Waals surface area contributed by atoms with Gasteiger partial charge in [0, 0.05) is 41.2 Å². The number of likely N-dealkylation sites (tertiary alicyclic amines) is 1. The van der Waals surface area contributed by atoms with Crippen molar-refractivity contribution in [2.45, 2.75) is 63.5 Å². The molecule has 5 nitrogen and oxygen atoms in total. The van der Waals surface area contributed by atoms with Gasteiger partial charge in [-0.25, -0.2) is 0 Å². The van der Waals surface area contributed by atoms with Gasteiger partial charge in [0.25, 0.3) is 5.91 Å². The number of nitrogens with one attached hydrogen (secondary N) is 1. The Morgan fingerprint density at radius 2 is 1.77 bits per heavy atom. The molecule has 0 aromatic heterocycles. The van der Waals surface area contributed by atoms with Gasteiger partial charge in [-0.3, -0.25) is 13.8 Å². The molecule has 6 heteroatoms. The van der Waals surface area contributed by atoms with Crippen molar-refractivity contribution in [2.24, 2.45) is 0 Å². The number of benzene rings is 1. The summed E-state index contributed by atoms with van der Waals surface area (Å²) in [5.74, 6) is 0.215. The van der Waals surface area contributed by atoms with E-state index in [0.717, 1.165) is 44.3 Å². The second-order valence-corrected chi connectivity index (χ2v) is 8.82. The Kier molecular flexibility index (Phi) is 7.82. The quantitative estimate of drug-likeness (QED) is 0.756. The van der Waals surface area contributed by atoms with Crippen LogP contribution in [-0.4, -0.2) is 45.3 Å². The van der Waals surface area contributed by atoms with E-state index in [0.29, 0.717) is 11.3 Å². The topological polar surface area (TPSA) is 66.5 Å². The average Bonchev–Trinajstić information content (AvgIpc) is 3.15. The predicted octanol–water partition coefficient (Wildman–Crippen LogP) is 2.86. The first-order chi connectivity index (χ1) is 12.4. The highest BCUT2D eigenvalue weighted by Crippen LogP contribution is 2.15. The average molecular weight is 379 g/mol. The highest BCUT2D eigenvalue weighted by molar-refractivity contribution is 7.85. The molecule has 1 fully saturated rings. The number of rotatable bonds is 8. The van der Waals surface area contributed by atoms with Gasteiger partial charge in [0.1, 0.15) is 5.25 Å². The van der Waals surface area contributed by atoms with Gasteiger partial charge in [0.05, 0.1) is 0 Å². The summed E-state index contributed by atoms with van der Waals surface area (Å²) in [6, 6.07) is 7.36. The Labute approximate surface area is 159 Å². The molecule has 3 unspecified atom stereocenters. The molecular formula is C20H30N2O3S. The van der Waals surface area contributed by atoms with Crippen LogP contribution in [0.2, 0.25) is 0 Å². The Morgan fingerprint density at radius 3 is 2.35 bits per heavy atom. The third-order valence-corrected chi connectivity index (χ3v) is 6.40. The largest absolute Gasteiger partial charge is 0.353 e. The van der Waals surface area contributed by atoms with Crippen molar-refractivity contribution >= 4 is 22.6 Å². The lowest BCUT2D eigenvalue weighted by Crippen LogP contribution is -2.40. The molecule has 0 bridgehead atoms. The fourth-order valence-electron chi connectivity index (χ4n) is 3.12. The van der Waals surface area contributed by atoms with Crippen LogP contribution in [-0.2, 0) is 21.3 Å². The van der Waals surface area contributed by atoms with Gasteiger partial charge in [-0.2, -0.15) is 0 Å². The molecule has 0 radical (unpaired) electrons. The van der Waals surface area contributed by atoms with E-state index in [1.165, 1.54) is 0 Å². The van der Waals surface area contributed by atoms with Crippen molar-refractivity contribution < 1.29 is 13.8 Å². The molecule has 0 spiro atoms. The maximum absolute atomic E-state index is 12.5. The smallest absolute Gasteiger partial charge is 0.253 e. The van der Waals surface area contributed by atoms with Gasteiger partial charge in [-0.05, 0) is 50.8 Å². The molecule has 2 amide bonds. The SMILES string of the molecule is CCCC(C)NC(=O)C(C)S(=O)Cc1ccc(C(=O)N2CCCC2)cc1. The molecule has 0 aliphatic carbocycles. The molecule has 1 N–H and O–H groups in total. The summed E-state index contributed by atoms with van der Waals surface area (Å²) in [6.45, 7) is 7.40. The number of hydrogen-bond donors (Lipinski definition) is 1. The summed E-state index contributed by atoms with van der Waals surface area (Å²) < 4.78 is 12.5. The summed E-state index contributed by atoms with van der Waals surface area (Å²) in [6.07, 6.45) is 4.05. The molecule has 1 aromatic rings. The maximum Gasteiger partial charge on any atom is 0.253 e. The minimum Gasteiger partial charge on any atom is -0.353 e. The van der Waals surface area contributed by atoms with Crippen molar-refractivity contribution in [1.82, 2.24) is 10.2 Å². The van der Waals surface area contributed by atoms with Crippen molar-refractivity contribution in [3.05, 3.63) is 35.4 Å². The highest BCUT2D eigenvalue weighted by Gasteiger charge is 2.22. The number of carbonyl (C=O) groups is 2. The van der Waals surface area contributed by atoms with Crippen LogP contribution >= 0.6 is 0 Å². The predicted molar refractivity (Wildman–Crippen MR) is 105 cm³/mol. The van der Waals surface area contributed by atoms with Gasteiger partial charge in [0.15, 0.2) is 0 Å². The van der Waals surface area contributed by atoms with E-state index in [1.54, 1.807) is 19.1 Å². The summed E-state index contributed by atoms with van der Waals surface area (Å²) in [5.41, 5.74) is 1.54. The zero-order chi connectivity index (χ0) is 19.1. The van der Waals surface area contributed by atoms with Crippen molar-refractivity contribution in [3.63, 3.8) is 0 Å². The lowest BCUT2D eigenvalue weighted by Gasteiger charge is -2.17. The summed E-state index contributed by atoms with van der Waals surface area (Å²) in [4.78, 5) is 26.4. The van der Waals surface area contributed by atoms with Crippen LogP contribution in [0.25, 0.3) is 0 Å². The summed E-state index contributed by atoms with van der Waals surface area (Å²) >= 11 is 0. The Bertz CT molecular complexity index is 639. The van der Waals surface area contributed by atoms with Crippen LogP contribution in [0, 0.1) is 0 Å². The van der Waals surface area contributed by atoms with E-state index in [-0.39, 0.29) is 17.9 Å². The van der Waals surface area contributed by atoms with Gasteiger partial charge in [-0.1, -0.05) is 25.5 Å². The van der Waals surface area contributed by atoms with Crippen molar-refractivity contribution in [3.8, 4) is 0 Å². The van der Waals surface area contributed by atoms with Crippen LogP contribution in [0.15, 0.2) is 24.3 Å². The van der Waals surface area contributed by atoms with Crippen molar-refractivity contribution in [2.75, 3.05) is 13.1 Å². The molecule has 1 aliphatic rings. The van der Waals surface area contributed by atoms with Gasteiger partial charge >= 0.3 is 0 Å². The van der Waals surface area contributed by atoms with E-state index < -0.39 is 16.0 Å². The molecule has 1 saturated heterocycles. The molecule has 1 aliphatic heterocycles.